The van der Waals surface area contributed by atoms with E-state index in [1.165, 1.54) is 4.90 Å². The Morgan fingerprint density at radius 2 is 1.97 bits per heavy atom. The fourth-order valence-corrected chi connectivity index (χ4v) is 4.05. The molecular weight excluding hydrogens is 410 g/mol. The van der Waals surface area contributed by atoms with Crippen molar-refractivity contribution >= 4 is 16.9 Å². The van der Waals surface area contributed by atoms with Crippen molar-refractivity contribution in [3.63, 3.8) is 0 Å². The summed E-state index contributed by atoms with van der Waals surface area (Å²) in [6.45, 7) is 7.95. The van der Waals surface area contributed by atoms with Gasteiger partial charge in [0, 0.05) is 6.54 Å². The van der Waals surface area contributed by atoms with E-state index in [1.807, 2.05) is 19.9 Å². The predicted octanol–water partition coefficient (Wildman–Crippen LogP) is 3.60. The number of hydrogen-bond donors (Lipinski definition) is 1. The van der Waals surface area contributed by atoms with E-state index < -0.39 is 11.9 Å². The van der Waals surface area contributed by atoms with E-state index in [9.17, 15) is 14.7 Å². The summed E-state index contributed by atoms with van der Waals surface area (Å²) < 4.78 is 17.3. The quantitative estimate of drug-likeness (QED) is 0.544. The molecule has 1 atom stereocenters. The first-order chi connectivity index (χ1) is 15.5. The number of nitrogens with zero attached hydrogens (tertiary/aromatic N) is 1. The highest BCUT2D eigenvalue weighted by Gasteiger charge is 2.42. The normalized spacial score (nSPS) is 15.2. The molecule has 7 nitrogen and oxygen atoms in total. The van der Waals surface area contributed by atoms with Crippen LogP contribution < -0.4 is 14.9 Å². The first-order valence-corrected chi connectivity index (χ1v) is 10.5. The molecule has 4 rings (SSSR count). The van der Waals surface area contributed by atoms with Crippen LogP contribution in [0.15, 0.2) is 58.3 Å². The molecule has 3 aromatic rings. The molecule has 32 heavy (non-hydrogen) atoms. The molecule has 0 spiro atoms. The summed E-state index contributed by atoms with van der Waals surface area (Å²) in [5.41, 5.74) is 1.96. The minimum atomic E-state index is -0.710. The van der Waals surface area contributed by atoms with Gasteiger partial charge >= 0.3 is 0 Å². The molecule has 1 aliphatic heterocycles. The third kappa shape index (κ3) is 3.65. The number of carbonyl (C=O) groups excluding carboxylic acids is 1. The third-order valence-corrected chi connectivity index (χ3v) is 5.40. The number of rotatable bonds is 8. The number of aliphatic hydroxyl groups is 1. The van der Waals surface area contributed by atoms with Gasteiger partial charge in [-0.3, -0.25) is 9.59 Å². The molecule has 0 saturated carbocycles. The molecule has 7 heteroatoms. The Hall–Kier alpha value is -3.58. The van der Waals surface area contributed by atoms with Crippen molar-refractivity contribution in [2.24, 2.45) is 0 Å². The Balaban J connectivity index is 1.92. The maximum absolute atomic E-state index is 13.5. The zero-order chi connectivity index (χ0) is 22.8. The molecule has 2 aromatic carbocycles. The third-order valence-electron chi connectivity index (χ3n) is 5.40. The molecule has 0 aliphatic carbocycles. The summed E-state index contributed by atoms with van der Waals surface area (Å²) in [4.78, 5) is 28.1. The lowest BCUT2D eigenvalue weighted by molar-refractivity contribution is 0.0691. The maximum Gasteiger partial charge on any atom is 0.290 e. The van der Waals surface area contributed by atoms with Gasteiger partial charge in [-0.1, -0.05) is 30.4 Å². The van der Waals surface area contributed by atoms with Crippen LogP contribution in [0.1, 0.15) is 40.2 Å². The highest BCUT2D eigenvalue weighted by atomic mass is 16.5. The summed E-state index contributed by atoms with van der Waals surface area (Å²) in [5.74, 6) is 0.617. The van der Waals surface area contributed by atoms with E-state index in [4.69, 9.17) is 13.9 Å². The molecule has 0 radical (unpaired) electrons. The summed E-state index contributed by atoms with van der Waals surface area (Å²) >= 11 is 0. The largest absolute Gasteiger partial charge is 0.490 e. The Morgan fingerprint density at radius 3 is 2.69 bits per heavy atom. The van der Waals surface area contributed by atoms with Crippen LogP contribution in [0.5, 0.6) is 11.5 Å². The summed E-state index contributed by atoms with van der Waals surface area (Å²) in [6, 6.07) is 9.88. The lowest BCUT2D eigenvalue weighted by Crippen LogP contribution is -2.32. The van der Waals surface area contributed by atoms with Gasteiger partial charge in [0.1, 0.15) is 12.2 Å². The zero-order valence-electron chi connectivity index (χ0n) is 18.1. The molecule has 1 aromatic heterocycles. The van der Waals surface area contributed by atoms with E-state index >= 15 is 0 Å². The number of aryl methyl sites for hydroxylation is 1. The zero-order valence-corrected chi connectivity index (χ0v) is 18.1. The number of amides is 1. The highest BCUT2D eigenvalue weighted by molar-refractivity contribution is 5.99. The lowest BCUT2D eigenvalue weighted by Gasteiger charge is -2.25. The maximum atomic E-state index is 13.5. The summed E-state index contributed by atoms with van der Waals surface area (Å²) in [7, 11) is 0. The molecule has 2 heterocycles. The summed E-state index contributed by atoms with van der Waals surface area (Å²) in [6.07, 6.45) is 1.64. The second kappa shape index (κ2) is 8.88. The highest BCUT2D eigenvalue weighted by Crippen LogP contribution is 2.40. The van der Waals surface area contributed by atoms with Gasteiger partial charge in [0.15, 0.2) is 16.9 Å². The first kappa shape index (κ1) is 21.6. The van der Waals surface area contributed by atoms with Crippen molar-refractivity contribution in [2.45, 2.75) is 19.9 Å². The van der Waals surface area contributed by atoms with Crippen LogP contribution in [-0.4, -0.2) is 42.3 Å². The van der Waals surface area contributed by atoms with Crippen LogP contribution in [0.2, 0.25) is 0 Å². The van der Waals surface area contributed by atoms with E-state index in [0.717, 1.165) is 5.56 Å². The number of ether oxygens (including phenoxy) is 2. The van der Waals surface area contributed by atoms with E-state index in [0.29, 0.717) is 41.2 Å². The topological polar surface area (TPSA) is 89.2 Å². The SMILES string of the molecule is C=CCOc1ccc([C@@H]2c3c(oc4ccc(C)cc4c3=O)C(=O)N2CCO)cc1OCC. The van der Waals surface area contributed by atoms with Gasteiger partial charge in [-0.25, -0.2) is 0 Å². The summed E-state index contributed by atoms with van der Waals surface area (Å²) in [5, 5.41) is 10.0. The van der Waals surface area contributed by atoms with Crippen molar-refractivity contribution in [3.05, 3.63) is 81.7 Å². The lowest BCUT2D eigenvalue weighted by atomic mass is 9.97. The van der Waals surface area contributed by atoms with Gasteiger partial charge in [-0.15, -0.1) is 0 Å². The predicted molar refractivity (Wildman–Crippen MR) is 120 cm³/mol. The van der Waals surface area contributed by atoms with Crippen LogP contribution in [-0.2, 0) is 0 Å². The Labute approximate surface area is 185 Å². The average Bonchev–Trinajstić information content (AvgIpc) is 3.06. The number of benzene rings is 2. The van der Waals surface area contributed by atoms with Crippen LogP contribution >= 0.6 is 0 Å². The fraction of sp³-hybridized carbons (Fsp3) is 0.280. The standard InChI is InChI=1S/C25H25NO6/c1-4-12-31-19-9-7-16(14-20(19)30-5-2)22-21-23(28)17-13-15(3)6-8-18(17)32-24(21)25(29)26(22)10-11-27/h4,6-9,13-14,22,27H,1,5,10-12H2,2-3H3/t22-/m1/s1. The Bertz CT molecular complexity index is 1250. The monoisotopic (exact) mass is 435 g/mol. The molecule has 166 valence electrons. The average molecular weight is 435 g/mol. The van der Waals surface area contributed by atoms with Crippen LogP contribution in [0.3, 0.4) is 0 Å². The second-order valence-corrected chi connectivity index (χ2v) is 7.54. The first-order valence-electron chi connectivity index (χ1n) is 10.5. The van der Waals surface area contributed by atoms with Gasteiger partial charge in [0.2, 0.25) is 5.76 Å². The van der Waals surface area contributed by atoms with Gasteiger partial charge in [0.05, 0.1) is 30.2 Å². The van der Waals surface area contributed by atoms with Crippen molar-refractivity contribution in [3.8, 4) is 11.5 Å². The minimum Gasteiger partial charge on any atom is -0.490 e. The Morgan fingerprint density at radius 1 is 1.16 bits per heavy atom. The minimum absolute atomic E-state index is 0.00902. The Kier molecular flexibility index (Phi) is 6.01. The fourth-order valence-electron chi connectivity index (χ4n) is 4.05. The second-order valence-electron chi connectivity index (χ2n) is 7.54. The van der Waals surface area contributed by atoms with Gasteiger partial charge in [0.25, 0.3) is 5.91 Å². The number of β-amino-alcohol motifs (C(OH)–C–C–N with tert-alkyl or cyclic N) is 1. The van der Waals surface area contributed by atoms with E-state index in [1.54, 1.807) is 36.4 Å². The van der Waals surface area contributed by atoms with E-state index in [2.05, 4.69) is 6.58 Å². The van der Waals surface area contributed by atoms with Crippen molar-refractivity contribution < 1.29 is 23.8 Å². The smallest absolute Gasteiger partial charge is 0.290 e. The molecule has 1 amide bonds. The van der Waals surface area contributed by atoms with Gasteiger partial charge in [-0.05, 0) is 43.7 Å². The van der Waals surface area contributed by atoms with Crippen LogP contribution in [0, 0.1) is 6.92 Å². The molecule has 0 saturated heterocycles. The van der Waals surface area contributed by atoms with Crippen molar-refractivity contribution in [1.29, 1.82) is 0 Å². The molecule has 1 aliphatic rings. The molecule has 1 N–H and O–H groups in total. The van der Waals surface area contributed by atoms with Gasteiger partial charge in [-0.2, -0.15) is 0 Å². The van der Waals surface area contributed by atoms with E-state index in [-0.39, 0.29) is 29.9 Å². The molecule has 0 fully saturated rings. The van der Waals surface area contributed by atoms with Crippen molar-refractivity contribution in [1.82, 2.24) is 4.90 Å². The molecular formula is C25H25NO6. The molecule has 0 bridgehead atoms. The van der Waals surface area contributed by atoms with Crippen LogP contribution in [0.25, 0.3) is 11.0 Å². The number of hydrogen-bond acceptors (Lipinski definition) is 6. The number of aliphatic hydroxyl groups excluding tert-OH is 1. The van der Waals surface area contributed by atoms with Gasteiger partial charge < -0.3 is 23.9 Å². The number of carbonyl (C=O) groups is 1. The molecule has 0 unspecified atom stereocenters. The number of fused-ring (bicyclic) bond motifs is 2. The van der Waals surface area contributed by atoms with Crippen LogP contribution in [0.4, 0.5) is 0 Å². The van der Waals surface area contributed by atoms with Crippen molar-refractivity contribution in [2.75, 3.05) is 26.4 Å².